The van der Waals surface area contributed by atoms with Crippen LogP contribution in [0.1, 0.15) is 18.5 Å². The summed E-state index contributed by atoms with van der Waals surface area (Å²) in [6, 6.07) is -0.544. The molecule has 0 spiro atoms. The molecular formula is C15H19F3N6O2. The molecular weight excluding hydrogens is 353 g/mol. The maximum Gasteiger partial charge on any atom is 0.433 e. The van der Waals surface area contributed by atoms with Crippen LogP contribution in [0.2, 0.25) is 0 Å². The van der Waals surface area contributed by atoms with Crippen molar-refractivity contribution in [1.29, 1.82) is 0 Å². The van der Waals surface area contributed by atoms with Crippen LogP contribution in [-0.2, 0) is 15.8 Å². The van der Waals surface area contributed by atoms with E-state index < -0.39 is 24.0 Å². The molecule has 2 atom stereocenters. The average molecular weight is 372 g/mol. The molecule has 0 saturated carbocycles. The van der Waals surface area contributed by atoms with Crippen molar-refractivity contribution in [1.82, 2.24) is 19.8 Å². The van der Waals surface area contributed by atoms with Crippen molar-refractivity contribution in [3.63, 3.8) is 0 Å². The number of carbonyl (C=O) groups is 2. The van der Waals surface area contributed by atoms with E-state index in [0.29, 0.717) is 25.9 Å². The molecule has 2 saturated heterocycles. The first-order chi connectivity index (χ1) is 12.1. The van der Waals surface area contributed by atoms with Crippen LogP contribution in [0.25, 0.3) is 0 Å². The van der Waals surface area contributed by atoms with Gasteiger partial charge >= 0.3 is 6.18 Å². The highest BCUT2D eigenvalue weighted by atomic mass is 19.4. The molecule has 8 nitrogen and oxygen atoms in total. The number of carbonyl (C=O) groups excluding carboxylic acids is 2. The van der Waals surface area contributed by atoms with Gasteiger partial charge in [-0.25, -0.2) is 4.98 Å². The molecule has 1 aromatic heterocycles. The lowest BCUT2D eigenvalue weighted by Gasteiger charge is -2.17. The van der Waals surface area contributed by atoms with Gasteiger partial charge < -0.3 is 20.4 Å². The minimum absolute atomic E-state index is 0.109. The SMILES string of the molecule is CN1CC[C@H](Nc2nc(N[C@@H]3CCN(C)C3=O)cc(C(F)(F)F)n2)C1=O. The molecule has 1 aromatic rings. The number of rotatable bonds is 4. The molecule has 2 aliphatic heterocycles. The van der Waals surface area contributed by atoms with Gasteiger partial charge in [0.15, 0.2) is 5.69 Å². The van der Waals surface area contributed by atoms with Gasteiger partial charge in [-0.15, -0.1) is 0 Å². The minimum Gasteiger partial charge on any atom is -0.358 e. The van der Waals surface area contributed by atoms with E-state index in [-0.39, 0.29) is 23.6 Å². The van der Waals surface area contributed by atoms with Crippen LogP contribution in [0, 0.1) is 0 Å². The molecule has 2 aliphatic rings. The summed E-state index contributed by atoms with van der Waals surface area (Å²) < 4.78 is 39.5. The lowest BCUT2D eigenvalue weighted by atomic mass is 10.2. The van der Waals surface area contributed by atoms with E-state index in [2.05, 4.69) is 20.6 Å². The molecule has 2 N–H and O–H groups in total. The smallest absolute Gasteiger partial charge is 0.358 e. The van der Waals surface area contributed by atoms with Crippen LogP contribution in [0.15, 0.2) is 6.07 Å². The van der Waals surface area contributed by atoms with Crippen LogP contribution in [0.3, 0.4) is 0 Å². The zero-order valence-corrected chi connectivity index (χ0v) is 14.3. The third-order valence-corrected chi connectivity index (χ3v) is 4.50. The number of amides is 2. The maximum absolute atomic E-state index is 13.2. The Balaban J connectivity index is 1.84. The fraction of sp³-hybridized carbons (Fsp3) is 0.600. The minimum atomic E-state index is -4.68. The standard InChI is InChI=1S/C15H19F3N6O2/c1-23-5-3-8(12(23)25)19-11-7-10(15(16,17)18)21-14(22-11)20-9-4-6-24(2)13(9)26/h7-9H,3-6H2,1-2H3,(H2,19,20,21,22)/t8-,9+/m1/s1. The van der Waals surface area contributed by atoms with Crippen molar-refractivity contribution in [2.24, 2.45) is 0 Å². The Labute approximate surface area is 147 Å². The molecule has 3 rings (SSSR count). The van der Waals surface area contributed by atoms with E-state index in [4.69, 9.17) is 0 Å². The molecule has 0 radical (unpaired) electrons. The van der Waals surface area contributed by atoms with Crippen molar-refractivity contribution in [3.05, 3.63) is 11.8 Å². The Bertz CT molecular complexity index is 676. The van der Waals surface area contributed by atoms with Gasteiger partial charge in [-0.3, -0.25) is 9.59 Å². The second kappa shape index (κ2) is 6.61. The molecule has 3 heterocycles. The summed E-state index contributed by atoms with van der Waals surface area (Å²) in [5, 5.41) is 5.41. The van der Waals surface area contributed by atoms with E-state index in [1.54, 1.807) is 14.1 Å². The van der Waals surface area contributed by atoms with E-state index in [1.165, 1.54) is 9.80 Å². The molecule has 26 heavy (non-hydrogen) atoms. The van der Waals surface area contributed by atoms with Gasteiger partial charge in [-0.1, -0.05) is 0 Å². The summed E-state index contributed by atoms with van der Waals surface area (Å²) >= 11 is 0. The van der Waals surface area contributed by atoms with Gasteiger partial charge in [0.05, 0.1) is 0 Å². The fourth-order valence-corrected chi connectivity index (χ4v) is 2.98. The number of anilines is 2. The second-order valence-electron chi connectivity index (χ2n) is 6.45. The second-order valence-corrected chi connectivity index (χ2v) is 6.45. The first kappa shape index (κ1) is 18.2. The van der Waals surface area contributed by atoms with Crippen LogP contribution >= 0.6 is 0 Å². The Kier molecular flexibility index (Phi) is 4.63. The molecule has 11 heteroatoms. The predicted octanol–water partition coefficient (Wildman–Crippen LogP) is 0.781. The normalized spacial score (nSPS) is 23.7. The zero-order chi connectivity index (χ0) is 19.1. The number of alkyl halides is 3. The number of hydrogen-bond acceptors (Lipinski definition) is 6. The number of nitrogens with zero attached hydrogens (tertiary/aromatic N) is 4. The fourth-order valence-electron chi connectivity index (χ4n) is 2.98. The number of aromatic nitrogens is 2. The lowest BCUT2D eigenvalue weighted by molar-refractivity contribution is -0.141. The summed E-state index contributed by atoms with van der Waals surface area (Å²) in [7, 11) is 3.24. The molecule has 2 amide bonds. The zero-order valence-electron chi connectivity index (χ0n) is 14.3. The molecule has 2 fully saturated rings. The van der Waals surface area contributed by atoms with E-state index in [1.807, 2.05) is 0 Å². The van der Waals surface area contributed by atoms with Crippen molar-refractivity contribution in [2.45, 2.75) is 31.1 Å². The highest BCUT2D eigenvalue weighted by Gasteiger charge is 2.36. The quantitative estimate of drug-likeness (QED) is 0.812. The predicted molar refractivity (Wildman–Crippen MR) is 86.4 cm³/mol. The third-order valence-electron chi connectivity index (χ3n) is 4.50. The molecule has 0 aliphatic carbocycles. The van der Waals surface area contributed by atoms with Gasteiger partial charge in [0.1, 0.15) is 17.9 Å². The van der Waals surface area contributed by atoms with Crippen molar-refractivity contribution < 1.29 is 22.8 Å². The number of likely N-dealkylation sites (N-methyl/N-ethyl adjacent to an activating group) is 2. The monoisotopic (exact) mass is 372 g/mol. The summed E-state index contributed by atoms with van der Waals surface area (Å²) in [5.41, 5.74) is -1.14. The van der Waals surface area contributed by atoms with Crippen molar-refractivity contribution in [3.8, 4) is 0 Å². The lowest BCUT2D eigenvalue weighted by Crippen LogP contribution is -2.33. The Hall–Kier alpha value is -2.59. The topological polar surface area (TPSA) is 90.5 Å². The number of likely N-dealkylation sites (tertiary alicyclic amines) is 2. The van der Waals surface area contributed by atoms with Crippen LogP contribution in [-0.4, -0.2) is 70.9 Å². The molecule has 142 valence electrons. The first-order valence-electron chi connectivity index (χ1n) is 8.14. The van der Waals surface area contributed by atoms with E-state index in [0.717, 1.165) is 6.07 Å². The molecule has 0 unspecified atom stereocenters. The highest BCUT2D eigenvalue weighted by molar-refractivity contribution is 5.87. The van der Waals surface area contributed by atoms with Crippen LogP contribution in [0.4, 0.5) is 24.9 Å². The Morgan fingerprint density at radius 2 is 1.54 bits per heavy atom. The van der Waals surface area contributed by atoms with Crippen LogP contribution in [0.5, 0.6) is 0 Å². The Morgan fingerprint density at radius 1 is 1.00 bits per heavy atom. The summed E-state index contributed by atoms with van der Waals surface area (Å²) in [6.45, 7) is 1.02. The van der Waals surface area contributed by atoms with E-state index in [9.17, 15) is 22.8 Å². The number of halogens is 3. The number of hydrogen-bond donors (Lipinski definition) is 2. The summed E-state index contributed by atoms with van der Waals surface area (Å²) in [6.07, 6.45) is -3.76. The third kappa shape index (κ3) is 3.65. The van der Waals surface area contributed by atoms with Gasteiger partial charge in [0, 0.05) is 33.3 Å². The Morgan fingerprint density at radius 3 is 2.00 bits per heavy atom. The largest absolute Gasteiger partial charge is 0.433 e. The number of nitrogens with one attached hydrogen (secondary N) is 2. The highest BCUT2D eigenvalue weighted by Crippen LogP contribution is 2.30. The average Bonchev–Trinajstić information content (AvgIpc) is 3.04. The van der Waals surface area contributed by atoms with Crippen molar-refractivity contribution in [2.75, 3.05) is 37.8 Å². The summed E-state index contributed by atoms with van der Waals surface area (Å²) in [5.74, 6) is -0.843. The van der Waals surface area contributed by atoms with Gasteiger partial charge in [-0.05, 0) is 12.8 Å². The first-order valence-corrected chi connectivity index (χ1v) is 8.14. The van der Waals surface area contributed by atoms with Gasteiger partial charge in [0.2, 0.25) is 17.8 Å². The van der Waals surface area contributed by atoms with Crippen LogP contribution < -0.4 is 10.6 Å². The maximum atomic E-state index is 13.2. The summed E-state index contributed by atoms with van der Waals surface area (Å²) in [4.78, 5) is 34.4. The molecule has 0 aromatic carbocycles. The molecule has 0 bridgehead atoms. The van der Waals surface area contributed by atoms with Gasteiger partial charge in [0.25, 0.3) is 0 Å². The van der Waals surface area contributed by atoms with E-state index >= 15 is 0 Å². The van der Waals surface area contributed by atoms with Gasteiger partial charge in [-0.2, -0.15) is 18.2 Å². The van der Waals surface area contributed by atoms with Crippen molar-refractivity contribution >= 4 is 23.6 Å².